The molecule has 2 rings (SSSR count). The zero-order chi connectivity index (χ0) is 18.8. The highest BCUT2D eigenvalue weighted by Crippen LogP contribution is 2.17. The van der Waals surface area contributed by atoms with Gasteiger partial charge in [0.15, 0.2) is 5.96 Å². The van der Waals surface area contributed by atoms with E-state index in [0.29, 0.717) is 6.54 Å². The van der Waals surface area contributed by atoms with Gasteiger partial charge in [0, 0.05) is 33.4 Å². The summed E-state index contributed by atoms with van der Waals surface area (Å²) in [5.41, 5.74) is 2.31. The van der Waals surface area contributed by atoms with E-state index in [1.165, 1.54) is 5.56 Å². The van der Waals surface area contributed by atoms with E-state index in [4.69, 9.17) is 4.74 Å². The molecule has 0 amide bonds. The average molecular weight is 355 g/mol. The van der Waals surface area contributed by atoms with Crippen LogP contribution in [0.4, 0.5) is 5.82 Å². The van der Waals surface area contributed by atoms with Crippen molar-refractivity contribution in [2.45, 2.75) is 19.9 Å². The van der Waals surface area contributed by atoms with Crippen molar-refractivity contribution in [2.75, 3.05) is 39.2 Å². The molecule has 1 heterocycles. The molecule has 0 aliphatic rings. The SMILES string of the molecule is CCNC(=NCc1ccnc(N(C)C)c1)NCCc1ccccc1OC. The highest BCUT2D eigenvalue weighted by Gasteiger charge is 2.03. The van der Waals surface area contributed by atoms with Gasteiger partial charge in [-0.05, 0) is 42.7 Å². The largest absolute Gasteiger partial charge is 0.496 e. The van der Waals surface area contributed by atoms with Crippen LogP contribution in [-0.2, 0) is 13.0 Å². The Kier molecular flexibility index (Phi) is 7.74. The molecule has 0 atom stereocenters. The number of nitrogens with one attached hydrogen (secondary N) is 2. The highest BCUT2D eigenvalue weighted by molar-refractivity contribution is 5.79. The number of aromatic nitrogens is 1. The van der Waals surface area contributed by atoms with Gasteiger partial charge in [-0.3, -0.25) is 0 Å². The topological polar surface area (TPSA) is 61.8 Å². The molecule has 140 valence electrons. The van der Waals surface area contributed by atoms with Crippen molar-refractivity contribution >= 4 is 11.8 Å². The third-order valence-corrected chi connectivity index (χ3v) is 3.91. The molecule has 0 saturated carbocycles. The summed E-state index contributed by atoms with van der Waals surface area (Å²) in [6, 6.07) is 12.1. The van der Waals surface area contributed by atoms with Gasteiger partial charge in [0.1, 0.15) is 11.6 Å². The summed E-state index contributed by atoms with van der Waals surface area (Å²) in [4.78, 5) is 11.0. The van der Waals surface area contributed by atoms with Crippen molar-refractivity contribution in [2.24, 2.45) is 4.99 Å². The molecular formula is C20H29N5O. The summed E-state index contributed by atoms with van der Waals surface area (Å²) in [5, 5.41) is 6.67. The second-order valence-electron chi connectivity index (χ2n) is 6.10. The Morgan fingerprint density at radius 2 is 2.00 bits per heavy atom. The van der Waals surface area contributed by atoms with Crippen LogP contribution in [0.1, 0.15) is 18.1 Å². The van der Waals surface area contributed by atoms with E-state index in [9.17, 15) is 0 Å². The summed E-state index contributed by atoms with van der Waals surface area (Å²) in [5.74, 6) is 2.67. The first-order valence-electron chi connectivity index (χ1n) is 8.90. The van der Waals surface area contributed by atoms with E-state index < -0.39 is 0 Å². The first-order chi connectivity index (χ1) is 12.6. The third-order valence-electron chi connectivity index (χ3n) is 3.91. The van der Waals surface area contributed by atoms with Crippen LogP contribution in [0.25, 0.3) is 0 Å². The highest BCUT2D eigenvalue weighted by atomic mass is 16.5. The molecule has 0 aliphatic heterocycles. The lowest BCUT2D eigenvalue weighted by atomic mass is 10.1. The molecule has 0 bridgehead atoms. The fraction of sp³-hybridized carbons (Fsp3) is 0.400. The molecule has 1 aromatic carbocycles. The maximum Gasteiger partial charge on any atom is 0.191 e. The van der Waals surface area contributed by atoms with E-state index in [1.54, 1.807) is 7.11 Å². The zero-order valence-electron chi connectivity index (χ0n) is 16.1. The number of methoxy groups -OCH3 is 1. The van der Waals surface area contributed by atoms with Gasteiger partial charge in [-0.1, -0.05) is 18.2 Å². The number of aliphatic imine (C=N–C) groups is 1. The monoisotopic (exact) mass is 355 g/mol. The predicted molar refractivity (Wildman–Crippen MR) is 108 cm³/mol. The quantitative estimate of drug-likeness (QED) is 0.563. The van der Waals surface area contributed by atoms with Crippen molar-refractivity contribution < 1.29 is 4.74 Å². The number of benzene rings is 1. The summed E-state index contributed by atoms with van der Waals surface area (Å²) in [6.07, 6.45) is 2.69. The second-order valence-corrected chi connectivity index (χ2v) is 6.10. The summed E-state index contributed by atoms with van der Waals surface area (Å²) in [7, 11) is 5.67. The van der Waals surface area contributed by atoms with Crippen LogP contribution >= 0.6 is 0 Å². The minimum Gasteiger partial charge on any atom is -0.496 e. The Bertz CT molecular complexity index is 715. The Morgan fingerprint density at radius 1 is 1.19 bits per heavy atom. The van der Waals surface area contributed by atoms with E-state index in [-0.39, 0.29) is 0 Å². The Balaban J connectivity index is 1.95. The number of rotatable bonds is 8. The van der Waals surface area contributed by atoms with Gasteiger partial charge >= 0.3 is 0 Å². The fourth-order valence-corrected chi connectivity index (χ4v) is 2.54. The van der Waals surface area contributed by atoms with Gasteiger partial charge in [-0.25, -0.2) is 9.98 Å². The lowest BCUT2D eigenvalue weighted by Gasteiger charge is -2.13. The van der Waals surface area contributed by atoms with Crippen molar-refractivity contribution in [3.05, 3.63) is 53.7 Å². The van der Waals surface area contributed by atoms with Crippen LogP contribution < -0.4 is 20.3 Å². The normalized spacial score (nSPS) is 11.2. The summed E-state index contributed by atoms with van der Waals surface area (Å²) >= 11 is 0. The number of para-hydroxylation sites is 1. The Labute approximate surface area is 156 Å². The number of hydrogen-bond donors (Lipinski definition) is 2. The van der Waals surface area contributed by atoms with Crippen LogP contribution in [-0.4, -0.2) is 45.2 Å². The smallest absolute Gasteiger partial charge is 0.191 e. The fourth-order valence-electron chi connectivity index (χ4n) is 2.54. The standard InChI is InChI=1S/C20H29N5O/c1-5-21-20(23-13-11-17-8-6-7-9-18(17)26-4)24-15-16-10-12-22-19(14-16)25(2)3/h6-10,12,14H,5,11,13,15H2,1-4H3,(H2,21,23,24). The number of nitrogens with zero attached hydrogens (tertiary/aromatic N) is 3. The molecule has 0 aliphatic carbocycles. The molecule has 2 N–H and O–H groups in total. The van der Waals surface area contributed by atoms with Crippen molar-refractivity contribution in [1.82, 2.24) is 15.6 Å². The molecule has 0 spiro atoms. The summed E-state index contributed by atoms with van der Waals surface area (Å²) in [6.45, 7) is 4.27. The Hall–Kier alpha value is -2.76. The number of ether oxygens (including phenoxy) is 1. The van der Waals surface area contributed by atoms with E-state index in [2.05, 4.69) is 39.7 Å². The van der Waals surface area contributed by atoms with Gasteiger partial charge in [0.2, 0.25) is 0 Å². The minimum absolute atomic E-state index is 0.605. The number of guanidine groups is 1. The molecule has 0 fully saturated rings. The predicted octanol–water partition coefficient (Wildman–Crippen LogP) is 2.45. The first-order valence-corrected chi connectivity index (χ1v) is 8.90. The molecule has 0 saturated heterocycles. The van der Waals surface area contributed by atoms with Crippen LogP contribution in [0.2, 0.25) is 0 Å². The van der Waals surface area contributed by atoms with Crippen molar-refractivity contribution in [1.29, 1.82) is 0 Å². The molecule has 6 nitrogen and oxygen atoms in total. The maximum absolute atomic E-state index is 5.40. The van der Waals surface area contributed by atoms with Crippen LogP contribution in [0.5, 0.6) is 5.75 Å². The van der Waals surface area contributed by atoms with E-state index in [0.717, 1.165) is 42.6 Å². The van der Waals surface area contributed by atoms with Crippen LogP contribution in [0.15, 0.2) is 47.6 Å². The van der Waals surface area contributed by atoms with Gasteiger partial charge in [0.05, 0.1) is 13.7 Å². The molecule has 2 aromatic rings. The lowest BCUT2D eigenvalue weighted by Crippen LogP contribution is -2.38. The molecular weight excluding hydrogens is 326 g/mol. The van der Waals surface area contributed by atoms with Gasteiger partial charge in [0.25, 0.3) is 0 Å². The molecule has 26 heavy (non-hydrogen) atoms. The number of anilines is 1. The maximum atomic E-state index is 5.40. The third kappa shape index (κ3) is 5.95. The molecule has 0 radical (unpaired) electrons. The molecule has 1 aromatic heterocycles. The molecule has 6 heteroatoms. The van der Waals surface area contributed by atoms with Gasteiger partial charge in [-0.15, -0.1) is 0 Å². The minimum atomic E-state index is 0.605. The van der Waals surface area contributed by atoms with Crippen LogP contribution in [0.3, 0.4) is 0 Å². The Morgan fingerprint density at radius 3 is 2.73 bits per heavy atom. The number of hydrogen-bond acceptors (Lipinski definition) is 4. The van der Waals surface area contributed by atoms with Crippen molar-refractivity contribution in [3.63, 3.8) is 0 Å². The van der Waals surface area contributed by atoms with Gasteiger partial charge < -0.3 is 20.3 Å². The van der Waals surface area contributed by atoms with Crippen molar-refractivity contribution in [3.8, 4) is 5.75 Å². The summed E-state index contributed by atoms with van der Waals surface area (Å²) < 4.78 is 5.40. The van der Waals surface area contributed by atoms with E-state index >= 15 is 0 Å². The zero-order valence-corrected chi connectivity index (χ0v) is 16.1. The molecule has 0 unspecified atom stereocenters. The lowest BCUT2D eigenvalue weighted by molar-refractivity contribution is 0.409. The second kappa shape index (κ2) is 10.3. The average Bonchev–Trinajstić information content (AvgIpc) is 2.66. The number of pyridine rings is 1. The van der Waals surface area contributed by atoms with Gasteiger partial charge in [-0.2, -0.15) is 0 Å². The van der Waals surface area contributed by atoms with Crippen LogP contribution in [0, 0.1) is 0 Å². The van der Waals surface area contributed by atoms with E-state index in [1.807, 2.05) is 49.5 Å². The first kappa shape index (κ1) is 19.6.